The van der Waals surface area contributed by atoms with Gasteiger partial charge in [-0.1, -0.05) is 65.5 Å². The van der Waals surface area contributed by atoms with Gasteiger partial charge in [-0.3, -0.25) is 0 Å². The second kappa shape index (κ2) is 7.75. The first kappa shape index (κ1) is 21.0. The van der Waals surface area contributed by atoms with Gasteiger partial charge in [0.25, 0.3) is 0 Å². The van der Waals surface area contributed by atoms with Crippen molar-refractivity contribution >= 4 is 0 Å². The van der Waals surface area contributed by atoms with E-state index in [-0.39, 0.29) is 6.10 Å². The standard InChI is InChI=1S/C27H46O/c1-18(2)7-6-8-19(3)23-11-12-24-22-10-9-20-17-21(28)13-15-26(20,4)25(22)14-16-27(23,24)5/h9,18-19,21-25,28H,6-8,10-17H2,1-5H3/t19?,21-,22?,23?,24?,25?,26?,27?/m1/s1. The Morgan fingerprint density at radius 1 is 1.00 bits per heavy atom. The molecular formula is C27H46O. The number of allylic oxidation sites excluding steroid dienone is 1. The summed E-state index contributed by atoms with van der Waals surface area (Å²) in [6.07, 6.45) is 17.2. The molecule has 0 aromatic heterocycles. The van der Waals surface area contributed by atoms with E-state index in [9.17, 15) is 5.11 Å². The average Bonchev–Trinajstić information content (AvgIpc) is 2.99. The quantitative estimate of drug-likeness (QED) is 0.488. The molecule has 1 heteroatoms. The molecule has 3 fully saturated rings. The Hall–Kier alpha value is -0.300. The van der Waals surface area contributed by atoms with Crippen molar-refractivity contribution in [3.05, 3.63) is 11.6 Å². The van der Waals surface area contributed by atoms with E-state index in [1.807, 2.05) is 0 Å². The second-order valence-electron chi connectivity index (χ2n) is 12.2. The van der Waals surface area contributed by atoms with Crippen LogP contribution in [0, 0.1) is 46.3 Å². The summed E-state index contributed by atoms with van der Waals surface area (Å²) in [6.45, 7) is 12.6. The van der Waals surface area contributed by atoms with Gasteiger partial charge in [0.2, 0.25) is 0 Å². The van der Waals surface area contributed by atoms with Crippen LogP contribution in [-0.4, -0.2) is 11.2 Å². The molecule has 8 atom stereocenters. The van der Waals surface area contributed by atoms with Crippen LogP contribution in [0.1, 0.15) is 105 Å². The van der Waals surface area contributed by atoms with E-state index >= 15 is 0 Å². The van der Waals surface area contributed by atoms with Crippen LogP contribution in [0.5, 0.6) is 0 Å². The highest BCUT2D eigenvalue weighted by atomic mass is 16.3. The van der Waals surface area contributed by atoms with Crippen LogP contribution in [0.4, 0.5) is 0 Å². The molecule has 0 amide bonds. The van der Waals surface area contributed by atoms with Gasteiger partial charge in [0, 0.05) is 0 Å². The number of aliphatic hydroxyl groups is 1. The van der Waals surface area contributed by atoms with E-state index < -0.39 is 0 Å². The maximum absolute atomic E-state index is 10.2. The van der Waals surface area contributed by atoms with Crippen LogP contribution in [-0.2, 0) is 0 Å². The van der Waals surface area contributed by atoms with E-state index in [1.54, 1.807) is 5.57 Å². The van der Waals surface area contributed by atoms with Gasteiger partial charge in [0.15, 0.2) is 0 Å². The van der Waals surface area contributed by atoms with Gasteiger partial charge < -0.3 is 5.11 Å². The number of aliphatic hydroxyl groups excluding tert-OH is 1. The van der Waals surface area contributed by atoms with Crippen molar-refractivity contribution in [1.82, 2.24) is 0 Å². The molecule has 0 aromatic carbocycles. The largest absolute Gasteiger partial charge is 0.393 e. The SMILES string of the molecule is CC(C)CCCC(C)C1CCC2C3CC=C4C[C@H](O)CCC4(C)C3CCC12C. The lowest BCUT2D eigenvalue weighted by atomic mass is 9.47. The van der Waals surface area contributed by atoms with Gasteiger partial charge in [-0.2, -0.15) is 0 Å². The van der Waals surface area contributed by atoms with Crippen LogP contribution < -0.4 is 0 Å². The Morgan fingerprint density at radius 3 is 2.54 bits per heavy atom. The smallest absolute Gasteiger partial charge is 0.0577 e. The van der Waals surface area contributed by atoms with Crippen molar-refractivity contribution in [2.45, 2.75) is 111 Å². The predicted molar refractivity (Wildman–Crippen MR) is 119 cm³/mol. The summed E-state index contributed by atoms with van der Waals surface area (Å²) in [6, 6.07) is 0. The van der Waals surface area contributed by atoms with Crippen LogP contribution in [0.15, 0.2) is 11.6 Å². The molecule has 0 aromatic rings. The van der Waals surface area contributed by atoms with E-state index in [0.717, 1.165) is 48.3 Å². The van der Waals surface area contributed by atoms with Crippen LogP contribution in [0.3, 0.4) is 0 Å². The summed E-state index contributed by atoms with van der Waals surface area (Å²) >= 11 is 0. The highest BCUT2D eigenvalue weighted by Crippen LogP contribution is 2.67. The molecular weight excluding hydrogens is 340 g/mol. The molecule has 3 saturated carbocycles. The minimum absolute atomic E-state index is 0.0766. The summed E-state index contributed by atoms with van der Waals surface area (Å²) in [5, 5.41) is 10.2. The van der Waals surface area contributed by atoms with Crippen LogP contribution in [0.2, 0.25) is 0 Å². The predicted octanol–water partition coefficient (Wildman–Crippen LogP) is 7.39. The van der Waals surface area contributed by atoms with Crippen molar-refractivity contribution in [3.8, 4) is 0 Å². The molecule has 4 aliphatic rings. The minimum atomic E-state index is -0.0766. The van der Waals surface area contributed by atoms with Crippen molar-refractivity contribution < 1.29 is 5.11 Å². The molecule has 4 aliphatic carbocycles. The molecule has 1 nitrogen and oxygen atoms in total. The van der Waals surface area contributed by atoms with Crippen LogP contribution >= 0.6 is 0 Å². The summed E-state index contributed by atoms with van der Waals surface area (Å²) in [5.74, 6) is 5.46. The molecule has 0 radical (unpaired) electrons. The van der Waals surface area contributed by atoms with Gasteiger partial charge in [0.1, 0.15) is 0 Å². The topological polar surface area (TPSA) is 20.2 Å². The Bertz CT molecular complexity index is 591. The van der Waals surface area contributed by atoms with E-state index in [0.29, 0.717) is 10.8 Å². The third-order valence-corrected chi connectivity index (χ3v) is 10.3. The summed E-state index contributed by atoms with van der Waals surface area (Å²) in [7, 11) is 0. The van der Waals surface area contributed by atoms with Crippen molar-refractivity contribution in [3.63, 3.8) is 0 Å². The molecule has 0 aliphatic heterocycles. The lowest BCUT2D eigenvalue weighted by Crippen LogP contribution is -2.50. The highest BCUT2D eigenvalue weighted by Gasteiger charge is 2.59. The van der Waals surface area contributed by atoms with Gasteiger partial charge in [-0.15, -0.1) is 0 Å². The number of hydrogen-bond donors (Lipinski definition) is 1. The van der Waals surface area contributed by atoms with Crippen molar-refractivity contribution in [1.29, 1.82) is 0 Å². The van der Waals surface area contributed by atoms with Crippen molar-refractivity contribution in [2.24, 2.45) is 46.3 Å². The third kappa shape index (κ3) is 3.42. The molecule has 7 unspecified atom stereocenters. The van der Waals surface area contributed by atoms with E-state index in [1.165, 1.54) is 57.8 Å². The Balaban J connectivity index is 1.49. The number of fused-ring (bicyclic) bond motifs is 5. The highest BCUT2D eigenvalue weighted by molar-refractivity contribution is 5.25. The Morgan fingerprint density at radius 2 is 1.79 bits per heavy atom. The van der Waals surface area contributed by atoms with E-state index in [4.69, 9.17) is 0 Å². The fourth-order valence-corrected chi connectivity index (χ4v) is 8.67. The normalized spacial score (nSPS) is 46.5. The average molecular weight is 387 g/mol. The zero-order valence-corrected chi connectivity index (χ0v) is 19.3. The molecule has 1 N–H and O–H groups in total. The zero-order valence-electron chi connectivity index (χ0n) is 19.3. The third-order valence-electron chi connectivity index (χ3n) is 10.3. The Labute approximate surface area is 174 Å². The van der Waals surface area contributed by atoms with Crippen molar-refractivity contribution in [2.75, 3.05) is 0 Å². The number of hydrogen-bond acceptors (Lipinski definition) is 1. The maximum Gasteiger partial charge on any atom is 0.0577 e. The second-order valence-corrected chi connectivity index (χ2v) is 12.2. The van der Waals surface area contributed by atoms with Gasteiger partial charge in [0.05, 0.1) is 6.10 Å². The monoisotopic (exact) mass is 386 g/mol. The van der Waals surface area contributed by atoms with Gasteiger partial charge >= 0.3 is 0 Å². The summed E-state index contributed by atoms with van der Waals surface area (Å²) in [5.41, 5.74) is 2.60. The van der Waals surface area contributed by atoms with Gasteiger partial charge in [-0.05, 0) is 97.7 Å². The first-order valence-electron chi connectivity index (χ1n) is 12.6. The summed E-state index contributed by atoms with van der Waals surface area (Å²) in [4.78, 5) is 0. The maximum atomic E-state index is 10.2. The first-order chi connectivity index (χ1) is 13.3. The minimum Gasteiger partial charge on any atom is -0.393 e. The van der Waals surface area contributed by atoms with Crippen LogP contribution in [0.25, 0.3) is 0 Å². The lowest BCUT2D eigenvalue weighted by molar-refractivity contribution is -0.0573. The fourth-order valence-electron chi connectivity index (χ4n) is 8.67. The number of rotatable bonds is 5. The molecule has 0 spiro atoms. The molecule has 0 heterocycles. The zero-order chi connectivity index (χ0) is 20.1. The van der Waals surface area contributed by atoms with Gasteiger partial charge in [-0.25, -0.2) is 0 Å². The molecule has 160 valence electrons. The molecule has 28 heavy (non-hydrogen) atoms. The molecule has 0 saturated heterocycles. The molecule has 4 rings (SSSR count). The molecule has 0 bridgehead atoms. The first-order valence-corrected chi connectivity index (χ1v) is 12.6. The Kier molecular flexibility index (Phi) is 5.80. The summed E-state index contributed by atoms with van der Waals surface area (Å²) < 4.78 is 0. The lowest BCUT2D eigenvalue weighted by Gasteiger charge is -2.58. The van der Waals surface area contributed by atoms with E-state index in [2.05, 4.69) is 40.7 Å². The fraction of sp³-hybridized carbons (Fsp3) is 0.926.